The molecule has 0 N–H and O–H groups in total. The van der Waals surface area contributed by atoms with Crippen LogP contribution in [0, 0.1) is 0 Å². The van der Waals surface area contributed by atoms with Gasteiger partial charge in [0, 0.05) is 0 Å². The summed E-state index contributed by atoms with van der Waals surface area (Å²) in [6.45, 7) is 2.30. The second kappa shape index (κ2) is 10.6. The monoisotopic (exact) mass is 241 g/mol. The van der Waals surface area contributed by atoms with Crippen LogP contribution in [0.5, 0.6) is 0 Å². The lowest BCUT2D eigenvalue weighted by Crippen LogP contribution is -1.99. The Hall–Kier alpha value is 0.430. The molecule has 0 aromatic carbocycles. The Labute approximate surface area is 105 Å². The highest BCUT2D eigenvalue weighted by atomic mass is 31.1. The molecule has 1 aliphatic carbocycles. The zero-order chi connectivity index (χ0) is 11.5. The average molecular weight is 241 g/mol. The molecule has 0 aromatic rings. The first kappa shape index (κ1) is 14.5. The van der Waals surface area contributed by atoms with E-state index in [-0.39, 0.29) is 0 Å². The molecule has 0 aliphatic heterocycles. The van der Waals surface area contributed by atoms with E-state index in [1.54, 1.807) is 8.58 Å². The van der Waals surface area contributed by atoms with Gasteiger partial charge in [-0.05, 0) is 31.1 Å². The van der Waals surface area contributed by atoms with Crippen molar-refractivity contribution in [2.45, 2.75) is 89.6 Å². The van der Waals surface area contributed by atoms with Crippen LogP contribution in [0.2, 0.25) is 0 Å². The Morgan fingerprint density at radius 2 is 1.44 bits per heavy atom. The third-order valence-electron chi connectivity index (χ3n) is 3.72. The summed E-state index contributed by atoms with van der Waals surface area (Å²) in [4.78, 5) is 0. The maximum atomic E-state index is 2.30. The maximum absolute atomic E-state index is 2.30. The second-order valence-corrected chi connectivity index (χ2v) is 6.86. The van der Waals surface area contributed by atoms with E-state index in [0.717, 1.165) is 5.66 Å². The predicted octanol–water partition coefficient (Wildman–Crippen LogP) is 6.02. The van der Waals surface area contributed by atoms with Gasteiger partial charge in [0.15, 0.2) is 0 Å². The van der Waals surface area contributed by atoms with E-state index >= 15 is 0 Å². The molecule has 0 nitrogen and oxygen atoms in total. The summed E-state index contributed by atoms with van der Waals surface area (Å²) in [5, 5.41) is 0. The lowest BCUT2D eigenvalue weighted by atomic mass is 10.1. The van der Waals surface area contributed by atoms with Crippen LogP contribution < -0.4 is 0 Å². The quantitative estimate of drug-likeness (QED) is 0.277. The van der Waals surface area contributed by atoms with E-state index in [4.69, 9.17) is 0 Å². The van der Waals surface area contributed by atoms with E-state index in [2.05, 4.69) is 6.92 Å². The molecule has 0 aromatic heterocycles. The van der Waals surface area contributed by atoms with Gasteiger partial charge in [0.05, 0.1) is 0 Å². The average Bonchev–Trinajstić information content (AvgIpc) is 2.56. The number of hydrogen-bond acceptors (Lipinski definition) is 0. The van der Waals surface area contributed by atoms with E-state index in [1.165, 1.54) is 83.2 Å². The highest BCUT2D eigenvalue weighted by Gasteiger charge is 2.11. The van der Waals surface area contributed by atoms with Crippen LogP contribution in [0.15, 0.2) is 0 Å². The summed E-state index contributed by atoms with van der Waals surface area (Å²) in [7, 11) is 1.78. The van der Waals surface area contributed by atoms with Crippen molar-refractivity contribution in [2.24, 2.45) is 0 Å². The van der Waals surface area contributed by atoms with Crippen molar-refractivity contribution in [2.75, 3.05) is 6.16 Å². The van der Waals surface area contributed by atoms with E-state index in [9.17, 15) is 0 Å². The third kappa shape index (κ3) is 7.66. The van der Waals surface area contributed by atoms with Gasteiger partial charge in [-0.3, -0.25) is 0 Å². The van der Waals surface area contributed by atoms with Crippen LogP contribution >= 0.6 is 8.58 Å². The zero-order valence-electron chi connectivity index (χ0n) is 11.2. The van der Waals surface area contributed by atoms with Crippen molar-refractivity contribution in [1.82, 2.24) is 0 Å². The molecule has 0 unspecified atom stereocenters. The Morgan fingerprint density at radius 1 is 0.812 bits per heavy atom. The van der Waals surface area contributed by atoms with Crippen LogP contribution in [0.4, 0.5) is 0 Å². The Kier molecular flexibility index (Phi) is 9.58. The molecular weight excluding hydrogens is 211 g/mol. The van der Waals surface area contributed by atoms with Crippen LogP contribution in [-0.2, 0) is 0 Å². The Bertz CT molecular complexity index is 136. The second-order valence-electron chi connectivity index (χ2n) is 5.32. The fourth-order valence-electron chi connectivity index (χ4n) is 2.61. The molecule has 0 atom stereocenters. The van der Waals surface area contributed by atoms with Gasteiger partial charge in [0.25, 0.3) is 0 Å². The third-order valence-corrected chi connectivity index (χ3v) is 5.33. The van der Waals surface area contributed by atoms with E-state index in [0.29, 0.717) is 0 Å². The van der Waals surface area contributed by atoms with Crippen molar-refractivity contribution < 1.29 is 0 Å². The minimum absolute atomic E-state index is 1.07. The maximum Gasteiger partial charge on any atom is -0.0170 e. The molecule has 1 radical (unpaired) electrons. The number of unbranched alkanes of at least 4 members (excludes halogenated alkanes) is 5. The predicted molar refractivity (Wildman–Crippen MR) is 76.7 cm³/mol. The molecule has 95 valence electrons. The van der Waals surface area contributed by atoms with Gasteiger partial charge in [-0.1, -0.05) is 73.3 Å². The summed E-state index contributed by atoms with van der Waals surface area (Å²) in [6.07, 6.45) is 19.3. The van der Waals surface area contributed by atoms with Crippen molar-refractivity contribution in [3.05, 3.63) is 0 Å². The molecule has 1 fully saturated rings. The normalized spacial score (nSPS) is 19.3. The SMILES string of the molecule is CCCCCCCC[P]C1CCCCCC1. The van der Waals surface area contributed by atoms with Gasteiger partial charge in [-0.2, -0.15) is 0 Å². The summed E-state index contributed by atoms with van der Waals surface area (Å²) in [5.41, 5.74) is 1.07. The summed E-state index contributed by atoms with van der Waals surface area (Å²) in [5.74, 6) is 0. The van der Waals surface area contributed by atoms with Gasteiger partial charge < -0.3 is 0 Å². The van der Waals surface area contributed by atoms with E-state index in [1.807, 2.05) is 0 Å². The molecule has 1 aliphatic rings. The highest BCUT2D eigenvalue weighted by molar-refractivity contribution is 7.38. The van der Waals surface area contributed by atoms with Crippen LogP contribution in [0.25, 0.3) is 0 Å². The fourth-order valence-corrected chi connectivity index (χ4v) is 4.11. The molecular formula is C15H30P. The summed E-state index contributed by atoms with van der Waals surface area (Å²) < 4.78 is 0. The number of rotatable bonds is 8. The topological polar surface area (TPSA) is 0 Å². The first-order valence-electron chi connectivity index (χ1n) is 7.60. The van der Waals surface area contributed by atoms with Crippen LogP contribution in [0.3, 0.4) is 0 Å². The molecule has 0 heterocycles. The number of hydrogen-bond donors (Lipinski definition) is 0. The van der Waals surface area contributed by atoms with Crippen molar-refractivity contribution in [3.63, 3.8) is 0 Å². The highest BCUT2D eigenvalue weighted by Crippen LogP contribution is 2.32. The van der Waals surface area contributed by atoms with Gasteiger partial charge in [0.2, 0.25) is 0 Å². The minimum atomic E-state index is 1.07. The Morgan fingerprint density at radius 3 is 2.12 bits per heavy atom. The van der Waals surface area contributed by atoms with Gasteiger partial charge in [-0.15, -0.1) is 0 Å². The molecule has 1 saturated carbocycles. The molecule has 0 saturated heterocycles. The summed E-state index contributed by atoms with van der Waals surface area (Å²) in [6, 6.07) is 0. The molecule has 1 rings (SSSR count). The standard InChI is InChI=1S/C15H30P/c1-2-3-4-5-8-11-14-16-15-12-9-6-7-10-13-15/h15H,2-14H2,1H3. The zero-order valence-corrected chi connectivity index (χ0v) is 12.1. The lowest BCUT2D eigenvalue weighted by molar-refractivity contribution is 0.625. The molecule has 16 heavy (non-hydrogen) atoms. The first-order chi connectivity index (χ1) is 7.93. The van der Waals surface area contributed by atoms with Crippen LogP contribution in [-0.4, -0.2) is 11.8 Å². The minimum Gasteiger partial charge on any atom is -0.0775 e. The van der Waals surface area contributed by atoms with Gasteiger partial charge in [0.1, 0.15) is 0 Å². The fraction of sp³-hybridized carbons (Fsp3) is 1.00. The smallest absolute Gasteiger partial charge is 0.0170 e. The van der Waals surface area contributed by atoms with Crippen molar-refractivity contribution >= 4 is 8.58 Å². The lowest BCUT2D eigenvalue weighted by Gasteiger charge is -2.12. The Balaban J connectivity index is 1.86. The summed E-state index contributed by atoms with van der Waals surface area (Å²) >= 11 is 0. The first-order valence-corrected chi connectivity index (χ1v) is 8.75. The van der Waals surface area contributed by atoms with Crippen LogP contribution in [0.1, 0.15) is 84.0 Å². The van der Waals surface area contributed by atoms with Crippen molar-refractivity contribution in [3.8, 4) is 0 Å². The molecule has 1 heteroatoms. The molecule has 0 spiro atoms. The van der Waals surface area contributed by atoms with Gasteiger partial charge in [-0.25, -0.2) is 0 Å². The van der Waals surface area contributed by atoms with Crippen molar-refractivity contribution in [1.29, 1.82) is 0 Å². The molecule has 0 amide bonds. The van der Waals surface area contributed by atoms with E-state index < -0.39 is 0 Å². The largest absolute Gasteiger partial charge is 0.0775 e. The molecule has 0 bridgehead atoms. The van der Waals surface area contributed by atoms with Gasteiger partial charge >= 0.3 is 0 Å².